The third-order valence-corrected chi connectivity index (χ3v) is 10.0. The van der Waals surface area contributed by atoms with Crippen LogP contribution >= 0.6 is 0 Å². The molecule has 2 N–H and O–H groups in total. The number of nitrogens with zero attached hydrogens (tertiary/aromatic N) is 4. The molecule has 2 aliphatic carbocycles. The third kappa shape index (κ3) is 5.42. The lowest BCUT2D eigenvalue weighted by molar-refractivity contribution is -0.136. The number of piperidine rings is 1. The van der Waals surface area contributed by atoms with E-state index in [4.69, 9.17) is 0 Å². The van der Waals surface area contributed by atoms with Gasteiger partial charge in [0.2, 0.25) is 0 Å². The van der Waals surface area contributed by atoms with Gasteiger partial charge in [-0.1, -0.05) is 32.6 Å². The van der Waals surface area contributed by atoms with Crippen LogP contribution in [0.4, 0.5) is 13.2 Å². The zero-order chi connectivity index (χ0) is 27.3. The smallest absolute Gasteiger partial charge is 0.299 e. The summed E-state index contributed by atoms with van der Waals surface area (Å²) in [5, 5.41) is 0. The second-order valence-electron chi connectivity index (χ2n) is 12.8. The summed E-state index contributed by atoms with van der Waals surface area (Å²) in [7, 11) is 2.13. The molecule has 0 radical (unpaired) electrons. The molecule has 5 atom stereocenters. The van der Waals surface area contributed by atoms with Gasteiger partial charge in [-0.3, -0.25) is 18.8 Å². The van der Waals surface area contributed by atoms with Gasteiger partial charge in [0.1, 0.15) is 0 Å². The molecule has 7 nitrogen and oxygen atoms in total. The summed E-state index contributed by atoms with van der Waals surface area (Å²) in [6.45, 7) is 5.18. The van der Waals surface area contributed by atoms with E-state index in [9.17, 15) is 18.0 Å². The molecule has 2 saturated heterocycles. The van der Waals surface area contributed by atoms with Crippen LogP contribution < -0.4 is 16.5 Å². The fraction of sp³-hybridized carbons (Fsp3) is 0.759. The van der Waals surface area contributed by atoms with Crippen molar-refractivity contribution in [2.75, 3.05) is 26.8 Å². The van der Waals surface area contributed by atoms with Crippen molar-refractivity contribution in [3.63, 3.8) is 0 Å². The van der Waals surface area contributed by atoms with Gasteiger partial charge in [0.05, 0.1) is 23.9 Å². The molecular formula is C29H43F3N6O. The molecule has 0 spiro atoms. The third-order valence-electron chi connectivity index (χ3n) is 10.0. The number of rotatable bonds is 6. The van der Waals surface area contributed by atoms with Crippen LogP contribution in [0.2, 0.25) is 0 Å². The first kappa shape index (κ1) is 27.3. The Balaban J connectivity index is 1.31. The number of likely N-dealkylation sites (tertiary alicyclic amines) is 1. The summed E-state index contributed by atoms with van der Waals surface area (Å²) in [5.74, 6) is 2.10. The van der Waals surface area contributed by atoms with E-state index < -0.39 is 11.7 Å². The summed E-state index contributed by atoms with van der Waals surface area (Å²) in [6, 6.07) is 1.19. The number of halogens is 3. The number of hydrogen-bond donors (Lipinski definition) is 2. The van der Waals surface area contributed by atoms with Gasteiger partial charge in [0, 0.05) is 31.5 Å². The minimum atomic E-state index is -4.52. The number of alkyl halides is 3. The van der Waals surface area contributed by atoms with E-state index in [2.05, 4.69) is 34.6 Å². The Hall–Kier alpha value is -1.88. The second-order valence-corrected chi connectivity index (χ2v) is 12.8. The Bertz CT molecular complexity index is 1220. The second kappa shape index (κ2) is 10.8. The summed E-state index contributed by atoms with van der Waals surface area (Å²) in [5.41, 5.74) is 6.24. The summed E-state index contributed by atoms with van der Waals surface area (Å²) in [4.78, 5) is 18.2. The van der Waals surface area contributed by atoms with Crippen molar-refractivity contribution in [2.24, 2.45) is 23.7 Å². The first-order valence-electron chi connectivity index (χ1n) is 14.9. The predicted molar refractivity (Wildman–Crippen MR) is 145 cm³/mol. The number of imidazole rings is 1. The minimum absolute atomic E-state index is 0.0256. The number of pyridine rings is 1. The lowest BCUT2D eigenvalue weighted by Gasteiger charge is -2.46. The molecular weight excluding hydrogens is 505 g/mol. The standard InChI is InChI=1S/C29H43F3N6O/c1-19-6-5-11-36(14-19)15-20-12-24(29(30,31)32)25-17-37(28(39)38(25)16-20)23-10-4-9-22(13-23)26(21-7-3-8-21)27-34-33-18-35(27)2/h12,16-17,19,21-23,26-27,33-34H,3-11,13-15,18H2,1-2H3/t19-,22?,23?,26-,27?/m1/s1. The molecule has 3 unspecified atom stereocenters. The van der Waals surface area contributed by atoms with Crippen LogP contribution in [0.3, 0.4) is 0 Å². The van der Waals surface area contributed by atoms with E-state index in [1.165, 1.54) is 35.9 Å². The lowest BCUT2D eigenvalue weighted by atomic mass is 9.65. The number of fused-ring (bicyclic) bond motifs is 1. The topological polar surface area (TPSA) is 57.0 Å². The van der Waals surface area contributed by atoms with E-state index >= 15 is 0 Å². The molecule has 0 amide bonds. The number of hydrogen-bond acceptors (Lipinski definition) is 5. The molecule has 6 rings (SSSR count). The van der Waals surface area contributed by atoms with Crippen molar-refractivity contribution in [3.05, 3.63) is 40.1 Å². The van der Waals surface area contributed by atoms with Crippen molar-refractivity contribution in [1.82, 2.24) is 29.6 Å². The van der Waals surface area contributed by atoms with Crippen molar-refractivity contribution >= 4 is 5.52 Å². The molecule has 4 fully saturated rings. The SMILES string of the molecule is C[C@@H]1CCCN(Cc2cc(C(F)(F)F)c3cn(C4CCCC([C@@H](C5CCC5)C5NNCN5C)C4)c(=O)n3c2)C1. The average Bonchev–Trinajstić information content (AvgIpc) is 3.43. The van der Waals surface area contributed by atoms with Crippen LogP contribution in [-0.2, 0) is 12.7 Å². The Kier molecular flexibility index (Phi) is 7.58. The Labute approximate surface area is 228 Å². The molecule has 0 bridgehead atoms. The molecule has 10 heteroatoms. The highest BCUT2D eigenvalue weighted by molar-refractivity contribution is 5.56. The molecule has 216 valence electrons. The lowest BCUT2D eigenvalue weighted by Crippen LogP contribution is -2.50. The van der Waals surface area contributed by atoms with Crippen LogP contribution in [0, 0.1) is 23.7 Å². The summed E-state index contributed by atoms with van der Waals surface area (Å²) < 4.78 is 45.7. The predicted octanol–water partition coefficient (Wildman–Crippen LogP) is 4.82. The van der Waals surface area contributed by atoms with Crippen molar-refractivity contribution in [2.45, 2.75) is 89.6 Å². The number of hydrazine groups is 1. The molecule has 4 heterocycles. The first-order chi connectivity index (χ1) is 18.7. The fourth-order valence-electron chi connectivity index (χ4n) is 7.93. The highest BCUT2D eigenvalue weighted by Crippen LogP contribution is 2.47. The molecule has 2 aromatic heterocycles. The van der Waals surface area contributed by atoms with Crippen molar-refractivity contribution < 1.29 is 13.2 Å². The highest BCUT2D eigenvalue weighted by atomic mass is 19.4. The van der Waals surface area contributed by atoms with Crippen LogP contribution in [0.15, 0.2) is 23.3 Å². The molecule has 39 heavy (non-hydrogen) atoms. The maximum atomic E-state index is 14.3. The quantitative estimate of drug-likeness (QED) is 0.542. The Morgan fingerprint density at radius 2 is 1.82 bits per heavy atom. The van der Waals surface area contributed by atoms with Gasteiger partial charge in [-0.05, 0) is 81.0 Å². The zero-order valence-electron chi connectivity index (χ0n) is 23.2. The van der Waals surface area contributed by atoms with Gasteiger partial charge in [-0.15, -0.1) is 0 Å². The van der Waals surface area contributed by atoms with E-state index in [0.717, 1.165) is 58.3 Å². The van der Waals surface area contributed by atoms with Gasteiger partial charge < -0.3 is 0 Å². The van der Waals surface area contributed by atoms with Gasteiger partial charge in [-0.25, -0.2) is 15.6 Å². The van der Waals surface area contributed by atoms with Crippen LogP contribution in [-0.4, -0.2) is 51.7 Å². The minimum Gasteiger partial charge on any atom is -0.299 e. The van der Waals surface area contributed by atoms with E-state index in [-0.39, 0.29) is 23.4 Å². The Morgan fingerprint density at radius 1 is 1.05 bits per heavy atom. The van der Waals surface area contributed by atoms with E-state index in [0.29, 0.717) is 35.8 Å². The maximum absolute atomic E-state index is 14.3. The summed E-state index contributed by atoms with van der Waals surface area (Å²) >= 11 is 0. The number of nitrogens with one attached hydrogen (secondary N) is 2. The molecule has 2 aliphatic heterocycles. The fourth-order valence-corrected chi connectivity index (χ4v) is 7.93. The molecule has 2 aromatic rings. The van der Waals surface area contributed by atoms with E-state index in [1.807, 2.05) is 0 Å². The van der Waals surface area contributed by atoms with Gasteiger partial charge in [0.15, 0.2) is 0 Å². The molecule has 2 saturated carbocycles. The summed E-state index contributed by atoms with van der Waals surface area (Å²) in [6.07, 6.45) is 8.59. The van der Waals surface area contributed by atoms with E-state index in [1.54, 1.807) is 10.8 Å². The Morgan fingerprint density at radius 3 is 2.49 bits per heavy atom. The number of aromatic nitrogens is 2. The molecule has 4 aliphatic rings. The normalized spacial score (nSPS) is 30.6. The van der Waals surface area contributed by atoms with Crippen molar-refractivity contribution in [3.8, 4) is 0 Å². The average molecular weight is 549 g/mol. The largest absolute Gasteiger partial charge is 0.418 e. The van der Waals surface area contributed by atoms with Crippen LogP contribution in [0.1, 0.15) is 81.9 Å². The highest BCUT2D eigenvalue weighted by Gasteiger charge is 2.44. The van der Waals surface area contributed by atoms with Gasteiger partial charge >= 0.3 is 11.9 Å². The van der Waals surface area contributed by atoms with Crippen molar-refractivity contribution in [1.29, 1.82) is 0 Å². The molecule has 0 aromatic carbocycles. The first-order valence-corrected chi connectivity index (χ1v) is 14.9. The van der Waals surface area contributed by atoms with Crippen LogP contribution in [0.5, 0.6) is 0 Å². The maximum Gasteiger partial charge on any atom is 0.418 e. The van der Waals surface area contributed by atoms with Gasteiger partial charge in [0.25, 0.3) is 0 Å². The van der Waals surface area contributed by atoms with Gasteiger partial charge in [-0.2, -0.15) is 13.2 Å². The zero-order valence-corrected chi connectivity index (χ0v) is 23.2. The van der Waals surface area contributed by atoms with Crippen LogP contribution in [0.25, 0.3) is 5.52 Å². The monoisotopic (exact) mass is 548 g/mol.